The van der Waals surface area contributed by atoms with Gasteiger partial charge in [0.2, 0.25) is 5.91 Å². The molecule has 0 bridgehead atoms. The van der Waals surface area contributed by atoms with Crippen molar-refractivity contribution >= 4 is 17.2 Å². The van der Waals surface area contributed by atoms with Crippen molar-refractivity contribution < 1.29 is 14.3 Å². The van der Waals surface area contributed by atoms with Gasteiger partial charge in [-0.1, -0.05) is 0 Å². The van der Waals surface area contributed by atoms with Gasteiger partial charge in [0, 0.05) is 30.8 Å². The summed E-state index contributed by atoms with van der Waals surface area (Å²) < 4.78 is 10.8. The molecule has 0 saturated carbocycles. The van der Waals surface area contributed by atoms with Crippen LogP contribution in [0.15, 0.2) is 12.1 Å². The van der Waals surface area contributed by atoms with E-state index in [9.17, 15) is 4.79 Å². The summed E-state index contributed by atoms with van der Waals surface area (Å²) in [5, 5.41) is 1.12. The Morgan fingerprint density at radius 2 is 1.85 bits per heavy atom. The maximum Gasteiger partial charge on any atom is 0.223 e. The zero-order chi connectivity index (χ0) is 18.8. The second kappa shape index (κ2) is 7.89. The van der Waals surface area contributed by atoms with Crippen LogP contribution in [0.1, 0.15) is 46.0 Å². The van der Waals surface area contributed by atoms with Crippen LogP contribution in [0.3, 0.4) is 0 Å². The largest absolute Gasteiger partial charge is 0.493 e. The maximum atomic E-state index is 12.7. The van der Waals surface area contributed by atoms with Gasteiger partial charge in [-0.05, 0) is 55.4 Å². The molecule has 0 N–H and O–H groups in total. The minimum Gasteiger partial charge on any atom is -0.493 e. The van der Waals surface area contributed by atoms with Gasteiger partial charge in [-0.3, -0.25) is 4.79 Å². The molecule has 6 heteroatoms. The van der Waals surface area contributed by atoms with Crippen LogP contribution in [0.5, 0.6) is 11.5 Å². The molecule has 0 spiro atoms. The summed E-state index contributed by atoms with van der Waals surface area (Å²) in [6, 6.07) is 4.04. The molecule has 2 aromatic rings. The van der Waals surface area contributed by atoms with Gasteiger partial charge in [0.25, 0.3) is 0 Å². The summed E-state index contributed by atoms with van der Waals surface area (Å²) in [6.45, 7) is 1.40. The number of hydrogen-bond acceptors (Lipinski definition) is 5. The third kappa shape index (κ3) is 3.81. The maximum absolute atomic E-state index is 12.7. The number of amides is 1. The van der Waals surface area contributed by atoms with Crippen molar-refractivity contribution in [2.75, 3.05) is 20.8 Å². The normalized spacial score (nSPS) is 15.9. The number of methoxy groups -OCH3 is 2. The molecular formula is C21H26N2O3S. The highest BCUT2D eigenvalue weighted by molar-refractivity contribution is 7.11. The zero-order valence-electron chi connectivity index (χ0n) is 16.0. The fourth-order valence-electron chi connectivity index (χ4n) is 3.98. The third-order valence-corrected chi connectivity index (χ3v) is 6.73. The van der Waals surface area contributed by atoms with E-state index < -0.39 is 0 Å². The molecule has 0 saturated heterocycles. The number of carbonyl (C=O) groups excluding carboxylic acids is 1. The van der Waals surface area contributed by atoms with E-state index in [2.05, 4.69) is 0 Å². The quantitative estimate of drug-likeness (QED) is 0.788. The lowest BCUT2D eigenvalue weighted by atomic mass is 9.98. The first kappa shape index (κ1) is 18.3. The van der Waals surface area contributed by atoms with Crippen molar-refractivity contribution in [3.05, 3.63) is 38.8 Å². The predicted octanol–water partition coefficient (Wildman–Crippen LogP) is 3.56. The lowest BCUT2D eigenvalue weighted by Crippen LogP contribution is -2.36. The lowest BCUT2D eigenvalue weighted by Gasteiger charge is -2.29. The molecule has 4 rings (SSSR count). The Balaban J connectivity index is 1.39. The molecule has 5 nitrogen and oxygen atoms in total. The summed E-state index contributed by atoms with van der Waals surface area (Å²) in [5.41, 5.74) is 3.67. The predicted molar refractivity (Wildman–Crippen MR) is 106 cm³/mol. The molecule has 0 radical (unpaired) electrons. The molecule has 144 valence electrons. The van der Waals surface area contributed by atoms with Gasteiger partial charge in [-0.25, -0.2) is 4.98 Å². The van der Waals surface area contributed by atoms with Gasteiger partial charge < -0.3 is 14.4 Å². The first-order valence-electron chi connectivity index (χ1n) is 9.67. The molecule has 1 amide bonds. The second-order valence-corrected chi connectivity index (χ2v) is 8.39. The molecule has 1 aromatic carbocycles. The highest BCUT2D eigenvalue weighted by atomic mass is 32.1. The standard InChI is InChI=1S/C21H26N2O3S/c1-25-17-11-14-9-10-23(13-15(14)12-18(17)26-2)21(24)8-7-20-22-16-5-3-4-6-19(16)27-20/h11-12H,3-10,13H2,1-2H3. The summed E-state index contributed by atoms with van der Waals surface area (Å²) in [6.07, 6.45) is 6.93. The highest BCUT2D eigenvalue weighted by Gasteiger charge is 2.23. The van der Waals surface area contributed by atoms with Crippen LogP contribution < -0.4 is 9.47 Å². The van der Waals surface area contributed by atoms with Crippen LogP contribution in [-0.2, 0) is 37.0 Å². The molecule has 1 aromatic heterocycles. The van der Waals surface area contributed by atoms with Crippen molar-refractivity contribution in [3.63, 3.8) is 0 Å². The monoisotopic (exact) mass is 386 g/mol. The van der Waals surface area contributed by atoms with E-state index >= 15 is 0 Å². The zero-order valence-corrected chi connectivity index (χ0v) is 16.9. The van der Waals surface area contributed by atoms with Gasteiger partial charge in [-0.15, -0.1) is 11.3 Å². The van der Waals surface area contributed by atoms with Crippen molar-refractivity contribution in [2.45, 2.75) is 51.5 Å². The molecular weight excluding hydrogens is 360 g/mol. The van der Waals surface area contributed by atoms with Gasteiger partial charge in [0.15, 0.2) is 11.5 Å². The third-order valence-electron chi connectivity index (χ3n) is 5.51. The van der Waals surface area contributed by atoms with E-state index in [1.807, 2.05) is 28.4 Å². The summed E-state index contributed by atoms with van der Waals surface area (Å²) in [4.78, 5) is 20.9. The highest BCUT2D eigenvalue weighted by Crippen LogP contribution is 2.33. The number of aryl methyl sites for hydroxylation is 3. The van der Waals surface area contributed by atoms with E-state index in [0.717, 1.165) is 54.3 Å². The van der Waals surface area contributed by atoms with E-state index in [-0.39, 0.29) is 5.91 Å². The number of thiazole rings is 1. The smallest absolute Gasteiger partial charge is 0.223 e. The van der Waals surface area contributed by atoms with Crippen LogP contribution >= 0.6 is 11.3 Å². The SMILES string of the molecule is COc1cc2c(cc1OC)CN(C(=O)CCc1nc3c(s1)CCCC3)CC2. The Hall–Kier alpha value is -2.08. The molecule has 0 fully saturated rings. The van der Waals surface area contributed by atoms with Gasteiger partial charge >= 0.3 is 0 Å². The number of aromatic nitrogens is 1. The van der Waals surface area contributed by atoms with Crippen LogP contribution in [0.4, 0.5) is 0 Å². The van der Waals surface area contributed by atoms with Crippen molar-refractivity contribution in [1.82, 2.24) is 9.88 Å². The average Bonchev–Trinajstić information content (AvgIpc) is 3.13. The molecule has 0 atom stereocenters. The number of nitrogens with zero attached hydrogens (tertiary/aromatic N) is 2. The number of hydrogen-bond donors (Lipinski definition) is 0. The fraction of sp³-hybridized carbons (Fsp3) is 0.524. The fourth-order valence-corrected chi connectivity index (χ4v) is 5.14. The Morgan fingerprint density at radius 3 is 2.59 bits per heavy atom. The topological polar surface area (TPSA) is 51.7 Å². The van der Waals surface area contributed by atoms with Gasteiger partial charge in [-0.2, -0.15) is 0 Å². The minimum absolute atomic E-state index is 0.212. The average molecular weight is 387 g/mol. The summed E-state index contributed by atoms with van der Waals surface area (Å²) in [5.74, 6) is 1.69. The van der Waals surface area contributed by atoms with E-state index in [4.69, 9.17) is 14.5 Å². The molecule has 2 aliphatic rings. The number of rotatable bonds is 5. The van der Waals surface area contributed by atoms with E-state index in [1.54, 1.807) is 14.2 Å². The molecule has 0 unspecified atom stereocenters. The molecule has 1 aliphatic carbocycles. The van der Waals surface area contributed by atoms with Crippen molar-refractivity contribution in [2.24, 2.45) is 0 Å². The van der Waals surface area contributed by atoms with Gasteiger partial charge in [0.1, 0.15) is 0 Å². The Labute approximate surface area is 164 Å². The first-order valence-corrected chi connectivity index (χ1v) is 10.5. The summed E-state index contributed by atoms with van der Waals surface area (Å²) in [7, 11) is 3.29. The number of ether oxygens (including phenoxy) is 2. The van der Waals surface area contributed by atoms with Crippen molar-refractivity contribution in [1.29, 1.82) is 0 Å². The van der Waals surface area contributed by atoms with Crippen molar-refractivity contribution in [3.8, 4) is 11.5 Å². The molecule has 2 heterocycles. The minimum atomic E-state index is 0.212. The molecule has 27 heavy (non-hydrogen) atoms. The van der Waals surface area contributed by atoms with Crippen LogP contribution in [-0.4, -0.2) is 36.6 Å². The summed E-state index contributed by atoms with van der Waals surface area (Å²) >= 11 is 1.81. The number of fused-ring (bicyclic) bond motifs is 2. The van der Waals surface area contributed by atoms with E-state index in [1.165, 1.54) is 29.0 Å². The van der Waals surface area contributed by atoms with Crippen LogP contribution in [0.2, 0.25) is 0 Å². The molecule has 1 aliphatic heterocycles. The second-order valence-electron chi connectivity index (χ2n) is 7.23. The number of benzene rings is 1. The van der Waals surface area contributed by atoms with Gasteiger partial charge in [0.05, 0.1) is 24.9 Å². The lowest BCUT2D eigenvalue weighted by molar-refractivity contribution is -0.132. The first-order chi connectivity index (χ1) is 13.2. The van der Waals surface area contributed by atoms with E-state index in [0.29, 0.717) is 13.0 Å². The Kier molecular flexibility index (Phi) is 5.34. The Bertz CT molecular complexity index is 823. The Morgan fingerprint density at radius 1 is 1.11 bits per heavy atom. The number of carbonyl (C=O) groups is 1. The van der Waals surface area contributed by atoms with Crippen LogP contribution in [0, 0.1) is 0 Å². The van der Waals surface area contributed by atoms with Crippen LogP contribution in [0.25, 0.3) is 0 Å².